The Hall–Kier alpha value is -1.38. The zero-order valence-corrected chi connectivity index (χ0v) is 10.2. The van der Waals surface area contributed by atoms with Gasteiger partial charge in [-0.15, -0.1) is 0 Å². The van der Waals surface area contributed by atoms with E-state index >= 15 is 0 Å². The van der Waals surface area contributed by atoms with Gasteiger partial charge in [0, 0.05) is 12.0 Å². The minimum Gasteiger partial charge on any atom is -0.490 e. The van der Waals surface area contributed by atoms with E-state index in [4.69, 9.17) is 4.74 Å². The van der Waals surface area contributed by atoms with Crippen LogP contribution >= 0.6 is 0 Å². The Kier molecular flexibility index (Phi) is 3.46. The Bertz CT molecular complexity index is 422. The predicted molar refractivity (Wildman–Crippen MR) is 63.8 cm³/mol. The summed E-state index contributed by atoms with van der Waals surface area (Å²) in [4.78, 5) is 12.1. The Morgan fingerprint density at radius 1 is 1.41 bits per heavy atom. The fraction of sp³-hybridized carbons (Fsp3) is 0.500. The lowest BCUT2D eigenvalue weighted by molar-refractivity contribution is 0.0849. The minimum atomic E-state index is -0.370. The topological polar surface area (TPSA) is 26.3 Å². The van der Waals surface area contributed by atoms with Crippen LogP contribution in [0.25, 0.3) is 0 Å². The first-order valence-corrected chi connectivity index (χ1v) is 6.08. The normalized spacial score (nSPS) is 15.8. The van der Waals surface area contributed by atoms with E-state index in [0.29, 0.717) is 11.3 Å². The summed E-state index contributed by atoms with van der Waals surface area (Å²) in [6, 6.07) is 4.15. The van der Waals surface area contributed by atoms with Gasteiger partial charge in [-0.25, -0.2) is 4.39 Å². The average Bonchev–Trinajstić information content (AvgIpc) is 2.13. The van der Waals surface area contributed by atoms with Crippen molar-refractivity contribution >= 4 is 5.78 Å². The van der Waals surface area contributed by atoms with Crippen LogP contribution in [0.5, 0.6) is 5.75 Å². The number of ketones is 1. The summed E-state index contributed by atoms with van der Waals surface area (Å²) in [5.74, 6) is 0.199. The van der Waals surface area contributed by atoms with Gasteiger partial charge in [-0.05, 0) is 38.8 Å². The second-order valence-electron chi connectivity index (χ2n) is 4.80. The lowest BCUT2D eigenvalue weighted by Crippen LogP contribution is -2.23. The first-order valence-electron chi connectivity index (χ1n) is 6.08. The number of halogens is 1. The van der Waals surface area contributed by atoms with Gasteiger partial charge in [-0.1, -0.05) is 6.42 Å². The van der Waals surface area contributed by atoms with Gasteiger partial charge in [-0.2, -0.15) is 0 Å². The van der Waals surface area contributed by atoms with E-state index in [1.165, 1.54) is 18.2 Å². The highest BCUT2D eigenvalue weighted by Gasteiger charge is 2.28. The number of benzene rings is 1. The molecule has 3 heteroatoms. The second-order valence-corrected chi connectivity index (χ2v) is 4.80. The molecule has 92 valence electrons. The number of Topliss-reactive ketones (excluding diaryl/α,β-unsaturated/α-hetero) is 1. The molecule has 2 nitrogen and oxygen atoms in total. The number of hydrogen-bond donors (Lipinski definition) is 0. The fourth-order valence-corrected chi connectivity index (χ4v) is 1.94. The Morgan fingerprint density at radius 2 is 2.12 bits per heavy atom. The van der Waals surface area contributed by atoms with Crippen LogP contribution in [-0.2, 0) is 0 Å². The smallest absolute Gasteiger partial charge is 0.169 e. The Labute approximate surface area is 101 Å². The number of hydrogen-bond acceptors (Lipinski definition) is 2. The zero-order chi connectivity index (χ0) is 12.4. The molecular weight excluding hydrogens is 219 g/mol. The summed E-state index contributed by atoms with van der Waals surface area (Å²) >= 11 is 0. The maximum atomic E-state index is 13.2. The van der Waals surface area contributed by atoms with Crippen LogP contribution in [0.1, 0.15) is 43.5 Å². The SMILES string of the molecule is CC(C)Oc1cc(F)ccc1C(=O)C1CCC1. The van der Waals surface area contributed by atoms with E-state index < -0.39 is 0 Å². The van der Waals surface area contributed by atoms with Gasteiger partial charge >= 0.3 is 0 Å². The van der Waals surface area contributed by atoms with Gasteiger partial charge in [0.1, 0.15) is 11.6 Å². The highest BCUT2D eigenvalue weighted by molar-refractivity contribution is 6.00. The third-order valence-corrected chi connectivity index (χ3v) is 3.05. The number of ether oxygens (including phenoxy) is 1. The molecule has 0 N–H and O–H groups in total. The van der Waals surface area contributed by atoms with Gasteiger partial charge in [0.05, 0.1) is 11.7 Å². The molecule has 0 bridgehead atoms. The zero-order valence-electron chi connectivity index (χ0n) is 10.2. The highest BCUT2D eigenvalue weighted by Crippen LogP contribution is 2.33. The second kappa shape index (κ2) is 4.86. The maximum Gasteiger partial charge on any atom is 0.169 e. The minimum absolute atomic E-state index is 0.0651. The van der Waals surface area contributed by atoms with Crippen LogP contribution in [-0.4, -0.2) is 11.9 Å². The summed E-state index contributed by atoms with van der Waals surface area (Å²) in [6.07, 6.45) is 2.93. The fourth-order valence-electron chi connectivity index (χ4n) is 1.94. The summed E-state index contributed by atoms with van der Waals surface area (Å²) in [5.41, 5.74) is 0.518. The molecule has 2 rings (SSSR count). The molecule has 0 aromatic heterocycles. The summed E-state index contributed by atoms with van der Waals surface area (Å²) in [7, 11) is 0. The molecular formula is C14H17FO2. The summed E-state index contributed by atoms with van der Waals surface area (Å²) in [6.45, 7) is 3.73. The molecule has 0 saturated heterocycles. The van der Waals surface area contributed by atoms with Gasteiger partial charge in [0.15, 0.2) is 5.78 Å². The predicted octanol–water partition coefficient (Wildman–Crippen LogP) is 3.60. The summed E-state index contributed by atoms with van der Waals surface area (Å²) in [5, 5.41) is 0. The molecule has 1 aliphatic rings. The average molecular weight is 236 g/mol. The van der Waals surface area contributed by atoms with Crippen molar-refractivity contribution < 1.29 is 13.9 Å². The van der Waals surface area contributed by atoms with Gasteiger partial charge in [0.2, 0.25) is 0 Å². The molecule has 0 aliphatic heterocycles. The Balaban J connectivity index is 2.27. The van der Waals surface area contributed by atoms with E-state index in [9.17, 15) is 9.18 Å². The molecule has 1 aromatic carbocycles. The van der Waals surface area contributed by atoms with Gasteiger partial charge in [-0.3, -0.25) is 4.79 Å². The van der Waals surface area contributed by atoms with Crippen molar-refractivity contribution in [1.29, 1.82) is 0 Å². The number of carbonyl (C=O) groups excluding carboxylic acids is 1. The molecule has 1 aliphatic carbocycles. The van der Waals surface area contributed by atoms with Crippen molar-refractivity contribution in [3.8, 4) is 5.75 Å². The van der Waals surface area contributed by atoms with Crippen molar-refractivity contribution in [3.63, 3.8) is 0 Å². The lowest BCUT2D eigenvalue weighted by Gasteiger charge is -2.25. The molecule has 0 spiro atoms. The third kappa shape index (κ3) is 2.65. The molecule has 0 atom stereocenters. The van der Waals surface area contributed by atoms with Crippen LogP contribution in [0.2, 0.25) is 0 Å². The van der Waals surface area contributed by atoms with E-state index in [2.05, 4.69) is 0 Å². The van der Waals surface area contributed by atoms with Crippen molar-refractivity contribution in [2.75, 3.05) is 0 Å². The molecule has 17 heavy (non-hydrogen) atoms. The van der Waals surface area contributed by atoms with E-state index in [1.807, 2.05) is 13.8 Å². The largest absolute Gasteiger partial charge is 0.490 e. The maximum absolute atomic E-state index is 13.2. The van der Waals surface area contributed by atoms with Crippen LogP contribution in [0.3, 0.4) is 0 Å². The van der Waals surface area contributed by atoms with Crippen LogP contribution in [0, 0.1) is 11.7 Å². The lowest BCUT2D eigenvalue weighted by atomic mass is 9.80. The monoisotopic (exact) mass is 236 g/mol. The highest BCUT2D eigenvalue weighted by atomic mass is 19.1. The standard InChI is InChI=1S/C14H17FO2/c1-9(2)17-13-8-11(15)6-7-12(13)14(16)10-4-3-5-10/h6-10H,3-5H2,1-2H3. The first kappa shape index (κ1) is 12.1. The van der Waals surface area contributed by atoms with Gasteiger partial charge in [0.25, 0.3) is 0 Å². The molecule has 0 unspecified atom stereocenters. The Morgan fingerprint density at radius 3 is 2.65 bits per heavy atom. The number of carbonyl (C=O) groups is 1. The van der Waals surface area contributed by atoms with Crippen molar-refractivity contribution in [1.82, 2.24) is 0 Å². The van der Waals surface area contributed by atoms with Crippen molar-refractivity contribution in [2.24, 2.45) is 5.92 Å². The van der Waals surface area contributed by atoms with E-state index in [0.717, 1.165) is 19.3 Å². The van der Waals surface area contributed by atoms with Crippen LogP contribution < -0.4 is 4.74 Å². The van der Waals surface area contributed by atoms with Gasteiger partial charge < -0.3 is 4.74 Å². The van der Waals surface area contributed by atoms with Crippen LogP contribution in [0.15, 0.2) is 18.2 Å². The molecule has 0 heterocycles. The molecule has 1 saturated carbocycles. The molecule has 1 aromatic rings. The molecule has 1 fully saturated rings. The first-order chi connectivity index (χ1) is 8.08. The number of rotatable bonds is 4. The molecule has 0 radical (unpaired) electrons. The summed E-state index contributed by atoms with van der Waals surface area (Å²) < 4.78 is 18.7. The van der Waals surface area contributed by atoms with Crippen molar-refractivity contribution in [2.45, 2.75) is 39.2 Å². The van der Waals surface area contributed by atoms with Crippen molar-refractivity contribution in [3.05, 3.63) is 29.6 Å². The van der Waals surface area contributed by atoms with E-state index in [-0.39, 0.29) is 23.6 Å². The molecule has 0 amide bonds. The quantitative estimate of drug-likeness (QED) is 0.747. The van der Waals surface area contributed by atoms with E-state index in [1.54, 1.807) is 0 Å². The van der Waals surface area contributed by atoms with Crippen LogP contribution in [0.4, 0.5) is 4.39 Å². The third-order valence-electron chi connectivity index (χ3n) is 3.05.